The SMILES string of the molecule is CC/C(=C(\c1ccc(O)cc1)c1ccc(OCCNC)cc1)c1ccc2ocnc2c1. The largest absolute Gasteiger partial charge is 0.508 e. The molecule has 0 aliphatic heterocycles. The highest BCUT2D eigenvalue weighted by Crippen LogP contribution is 2.36. The van der Waals surface area contributed by atoms with Crippen LogP contribution >= 0.6 is 0 Å². The van der Waals surface area contributed by atoms with E-state index in [1.165, 1.54) is 12.0 Å². The summed E-state index contributed by atoms with van der Waals surface area (Å²) in [5, 5.41) is 12.9. The highest BCUT2D eigenvalue weighted by atomic mass is 16.5. The summed E-state index contributed by atoms with van der Waals surface area (Å²) in [6, 6.07) is 21.6. The van der Waals surface area contributed by atoms with Crippen LogP contribution in [-0.4, -0.2) is 30.3 Å². The van der Waals surface area contributed by atoms with E-state index in [0.717, 1.165) is 52.1 Å². The van der Waals surface area contributed by atoms with Gasteiger partial charge in [0, 0.05) is 6.54 Å². The minimum atomic E-state index is 0.249. The predicted molar refractivity (Wildman–Crippen MR) is 124 cm³/mol. The van der Waals surface area contributed by atoms with Crippen molar-refractivity contribution in [3.8, 4) is 11.5 Å². The van der Waals surface area contributed by atoms with Gasteiger partial charge in [-0.25, -0.2) is 4.98 Å². The summed E-state index contributed by atoms with van der Waals surface area (Å²) in [6.07, 6.45) is 2.30. The summed E-state index contributed by atoms with van der Waals surface area (Å²) >= 11 is 0. The maximum atomic E-state index is 9.80. The molecule has 0 unspecified atom stereocenters. The Labute approximate surface area is 182 Å². The van der Waals surface area contributed by atoms with E-state index >= 15 is 0 Å². The molecule has 3 aromatic carbocycles. The van der Waals surface area contributed by atoms with Gasteiger partial charge in [-0.2, -0.15) is 0 Å². The fourth-order valence-corrected chi connectivity index (χ4v) is 3.70. The summed E-state index contributed by atoms with van der Waals surface area (Å²) < 4.78 is 11.2. The lowest BCUT2D eigenvalue weighted by Crippen LogP contribution is -2.15. The number of oxazole rings is 1. The molecule has 0 fully saturated rings. The Balaban J connectivity index is 1.82. The van der Waals surface area contributed by atoms with E-state index in [0.29, 0.717) is 6.61 Å². The number of nitrogens with one attached hydrogen (secondary N) is 1. The number of fused-ring (bicyclic) bond motifs is 1. The maximum Gasteiger partial charge on any atom is 0.181 e. The highest BCUT2D eigenvalue weighted by Gasteiger charge is 2.14. The van der Waals surface area contributed by atoms with E-state index in [4.69, 9.17) is 9.15 Å². The summed E-state index contributed by atoms with van der Waals surface area (Å²) in [5.41, 5.74) is 7.14. The monoisotopic (exact) mass is 414 g/mol. The van der Waals surface area contributed by atoms with Crippen molar-refractivity contribution in [1.29, 1.82) is 0 Å². The molecule has 0 bridgehead atoms. The lowest BCUT2D eigenvalue weighted by molar-refractivity contribution is 0.318. The molecule has 0 saturated carbocycles. The average Bonchev–Trinajstić information content (AvgIpc) is 3.27. The number of phenols is 1. The molecule has 0 spiro atoms. The van der Waals surface area contributed by atoms with Gasteiger partial charge in [-0.3, -0.25) is 0 Å². The van der Waals surface area contributed by atoms with E-state index in [1.54, 1.807) is 12.1 Å². The average molecular weight is 415 g/mol. The zero-order chi connectivity index (χ0) is 21.6. The molecule has 1 aromatic heterocycles. The Kier molecular flexibility index (Phi) is 6.34. The van der Waals surface area contributed by atoms with Gasteiger partial charge in [0.25, 0.3) is 0 Å². The molecular formula is C26H26N2O3. The first-order valence-electron chi connectivity index (χ1n) is 10.4. The number of aromatic hydroxyl groups is 1. The van der Waals surface area contributed by atoms with Crippen molar-refractivity contribution in [2.24, 2.45) is 0 Å². The predicted octanol–water partition coefficient (Wildman–Crippen LogP) is 5.50. The van der Waals surface area contributed by atoms with Gasteiger partial charge in [-0.1, -0.05) is 37.3 Å². The summed E-state index contributed by atoms with van der Waals surface area (Å²) in [6.45, 7) is 3.57. The second-order valence-corrected chi connectivity index (χ2v) is 7.27. The molecule has 0 aliphatic rings. The van der Waals surface area contributed by atoms with Crippen LogP contribution < -0.4 is 10.1 Å². The Hall–Kier alpha value is -3.57. The fraction of sp³-hybridized carbons (Fsp3) is 0.192. The Morgan fingerprint density at radius 1 is 0.968 bits per heavy atom. The second kappa shape index (κ2) is 9.49. The molecule has 0 amide bonds. The minimum Gasteiger partial charge on any atom is -0.508 e. The van der Waals surface area contributed by atoms with Crippen LogP contribution in [0.2, 0.25) is 0 Å². The third-order valence-corrected chi connectivity index (χ3v) is 5.25. The number of phenolic OH excluding ortho intramolecular Hbond substituents is 1. The molecule has 4 aromatic rings. The molecule has 0 saturated heterocycles. The molecule has 1 heterocycles. The number of allylic oxidation sites excluding steroid dienone is 1. The van der Waals surface area contributed by atoms with Gasteiger partial charge >= 0.3 is 0 Å². The normalized spacial score (nSPS) is 12.1. The van der Waals surface area contributed by atoms with Gasteiger partial charge < -0.3 is 19.6 Å². The van der Waals surface area contributed by atoms with Gasteiger partial charge in [-0.15, -0.1) is 0 Å². The number of hydrogen-bond acceptors (Lipinski definition) is 5. The van der Waals surface area contributed by atoms with Crippen molar-refractivity contribution >= 4 is 22.2 Å². The van der Waals surface area contributed by atoms with E-state index in [-0.39, 0.29) is 5.75 Å². The van der Waals surface area contributed by atoms with E-state index in [2.05, 4.69) is 41.5 Å². The molecule has 0 atom stereocenters. The van der Waals surface area contributed by atoms with Gasteiger partial charge in [-0.05, 0) is 77.7 Å². The van der Waals surface area contributed by atoms with Crippen molar-refractivity contribution in [3.05, 3.63) is 89.8 Å². The first-order chi connectivity index (χ1) is 15.2. The van der Waals surface area contributed by atoms with Crippen LogP contribution in [0.1, 0.15) is 30.0 Å². The number of likely N-dealkylation sites (N-methyl/N-ethyl adjacent to an activating group) is 1. The van der Waals surface area contributed by atoms with E-state index in [9.17, 15) is 5.11 Å². The first kappa shape index (κ1) is 20.7. The molecule has 158 valence electrons. The number of benzene rings is 3. The van der Waals surface area contributed by atoms with Gasteiger partial charge in [0.05, 0.1) is 0 Å². The summed E-state index contributed by atoms with van der Waals surface area (Å²) in [5.74, 6) is 1.09. The maximum absolute atomic E-state index is 9.80. The van der Waals surface area contributed by atoms with Crippen LogP contribution in [0.25, 0.3) is 22.2 Å². The van der Waals surface area contributed by atoms with Gasteiger partial charge in [0.2, 0.25) is 0 Å². The van der Waals surface area contributed by atoms with Crippen molar-refractivity contribution < 1.29 is 14.3 Å². The quantitative estimate of drug-likeness (QED) is 0.294. The lowest BCUT2D eigenvalue weighted by Gasteiger charge is -2.17. The Morgan fingerprint density at radius 3 is 2.32 bits per heavy atom. The molecule has 0 radical (unpaired) electrons. The minimum absolute atomic E-state index is 0.249. The summed E-state index contributed by atoms with van der Waals surface area (Å²) in [4.78, 5) is 4.32. The van der Waals surface area contributed by atoms with Crippen LogP contribution in [0.5, 0.6) is 11.5 Å². The number of ether oxygens (including phenoxy) is 1. The Morgan fingerprint density at radius 2 is 1.65 bits per heavy atom. The van der Waals surface area contributed by atoms with Crippen molar-refractivity contribution in [3.63, 3.8) is 0 Å². The topological polar surface area (TPSA) is 67.5 Å². The van der Waals surface area contributed by atoms with Crippen LogP contribution in [0.3, 0.4) is 0 Å². The molecule has 5 nitrogen and oxygen atoms in total. The van der Waals surface area contributed by atoms with Gasteiger partial charge in [0.15, 0.2) is 12.0 Å². The number of rotatable bonds is 8. The van der Waals surface area contributed by atoms with Crippen molar-refractivity contribution in [2.75, 3.05) is 20.2 Å². The van der Waals surface area contributed by atoms with Crippen LogP contribution in [0, 0.1) is 0 Å². The Bertz CT molecular complexity index is 1180. The van der Waals surface area contributed by atoms with Crippen molar-refractivity contribution in [1.82, 2.24) is 10.3 Å². The van der Waals surface area contributed by atoms with E-state index < -0.39 is 0 Å². The third kappa shape index (κ3) is 4.62. The van der Waals surface area contributed by atoms with Crippen LogP contribution in [-0.2, 0) is 0 Å². The zero-order valence-corrected chi connectivity index (χ0v) is 17.8. The smallest absolute Gasteiger partial charge is 0.181 e. The molecule has 31 heavy (non-hydrogen) atoms. The highest BCUT2D eigenvalue weighted by molar-refractivity contribution is 5.99. The number of nitrogens with zero attached hydrogens (tertiary/aromatic N) is 1. The number of hydrogen-bond donors (Lipinski definition) is 2. The van der Waals surface area contributed by atoms with E-state index in [1.807, 2.05) is 37.4 Å². The third-order valence-electron chi connectivity index (χ3n) is 5.25. The van der Waals surface area contributed by atoms with Crippen LogP contribution in [0.15, 0.2) is 77.5 Å². The first-order valence-corrected chi connectivity index (χ1v) is 10.4. The summed E-state index contributed by atoms with van der Waals surface area (Å²) in [7, 11) is 1.91. The van der Waals surface area contributed by atoms with Crippen molar-refractivity contribution in [2.45, 2.75) is 13.3 Å². The second-order valence-electron chi connectivity index (χ2n) is 7.27. The molecule has 5 heteroatoms. The lowest BCUT2D eigenvalue weighted by atomic mass is 9.88. The van der Waals surface area contributed by atoms with Gasteiger partial charge in [0.1, 0.15) is 23.6 Å². The van der Waals surface area contributed by atoms with Crippen LogP contribution in [0.4, 0.5) is 0 Å². The molecular weight excluding hydrogens is 388 g/mol. The molecule has 0 aliphatic carbocycles. The zero-order valence-electron chi connectivity index (χ0n) is 17.8. The molecule has 2 N–H and O–H groups in total. The molecule has 4 rings (SSSR count). The number of aromatic nitrogens is 1. The standard InChI is InChI=1S/C26H26N2O3/c1-3-23(20-8-13-25-24(16-20)28-17-31-25)26(18-4-9-21(29)10-5-18)19-6-11-22(12-7-19)30-15-14-27-2/h4-13,16-17,27,29H,3,14-15H2,1-2H3/b26-23-. The fourth-order valence-electron chi connectivity index (χ4n) is 3.70.